The molecule has 0 saturated carbocycles. The number of imidazole rings is 3. The van der Waals surface area contributed by atoms with Crippen LogP contribution in [0.25, 0.3) is 0 Å². The Labute approximate surface area is 330 Å². The van der Waals surface area contributed by atoms with Crippen LogP contribution < -0.4 is 13.7 Å². The minimum absolute atomic E-state index is 0. The van der Waals surface area contributed by atoms with Crippen LogP contribution in [-0.2, 0) is 86.8 Å². The number of aromatic nitrogens is 9. The fourth-order valence-electron chi connectivity index (χ4n) is 3.45. The molecule has 0 aliphatic carbocycles. The Balaban J connectivity index is -0.000000160. The molecule has 12 heteroatoms. The van der Waals surface area contributed by atoms with E-state index < -0.39 is 5.97 Å². The Hall–Kier alpha value is -3.44. The van der Waals surface area contributed by atoms with Gasteiger partial charge < -0.3 is 9.67 Å². The summed E-state index contributed by atoms with van der Waals surface area (Å²) >= 11 is 0. The van der Waals surface area contributed by atoms with Crippen LogP contribution in [0, 0.1) is 54.5 Å². The minimum atomic E-state index is -0.833. The van der Waals surface area contributed by atoms with Crippen LogP contribution in [0.5, 0.6) is 0 Å². The topological polar surface area (TPSA) is 94.4 Å². The number of aliphatic carboxylic acids is 1. The molecule has 1 N–H and O–H groups in total. The van der Waals surface area contributed by atoms with Gasteiger partial charge >= 0.3 is 0 Å². The summed E-state index contributed by atoms with van der Waals surface area (Å²) in [5, 5.41) is 14.8. The predicted molar refractivity (Wildman–Crippen MR) is 202 cm³/mol. The summed E-state index contributed by atoms with van der Waals surface area (Å²) < 4.78 is 14.6. The normalized spacial score (nSPS) is 8.54. The number of carboxylic acids is 1. The predicted octanol–water partition coefficient (Wildman–Crippen LogP) is 5.79. The largest absolute Gasteiger partial charge is 0.481 e. The van der Waals surface area contributed by atoms with E-state index in [0.29, 0.717) is 0 Å². The van der Waals surface area contributed by atoms with Gasteiger partial charge in [-0.05, 0) is 6.92 Å². The third-order valence-corrected chi connectivity index (χ3v) is 7.16. The molecule has 0 amide bonds. The van der Waals surface area contributed by atoms with Crippen molar-refractivity contribution in [3.63, 3.8) is 0 Å². The van der Waals surface area contributed by atoms with Crippen molar-refractivity contribution < 1.29 is 56.3 Å². The van der Waals surface area contributed by atoms with E-state index >= 15 is 0 Å². The average Bonchev–Trinajstić information content (AvgIpc) is 3.73. The molecular formula is C38H71N9O2Y+2. The molecule has 1 aromatic carbocycles. The summed E-state index contributed by atoms with van der Waals surface area (Å²) in [5.74, 6) is 2.68. The summed E-state index contributed by atoms with van der Waals surface area (Å²) in [6.45, 7) is 23.6. The fourth-order valence-corrected chi connectivity index (χ4v) is 3.45. The molecule has 5 aromatic rings. The van der Waals surface area contributed by atoms with Gasteiger partial charge in [0, 0.05) is 81.3 Å². The first-order valence-corrected chi connectivity index (χ1v) is 16.3. The average molecular weight is 775 g/mol. The smallest absolute Gasteiger partial charge is 0.300 e. The van der Waals surface area contributed by atoms with Gasteiger partial charge in [0.1, 0.15) is 47.8 Å². The Morgan fingerprint density at radius 2 is 1.30 bits per heavy atom. The summed E-state index contributed by atoms with van der Waals surface area (Å²) in [7, 11) is 14.2. The molecule has 0 unspecified atom stereocenters. The standard InChI is InChI=1S/C8H15N2.C7H7.2C6H11N2.C4H7N3.C2H4O2.2C2H6.CH4.Y/c1-6-7(2)10(5)8(3)9(6)4;1-7-5-3-2-4-6-7;1-6-4-7(2)5-8(6)3;1-6-7(2)4-5-8(6)3;1-4-6-5-3-7(4)2;1-2(3)4;2*1-2;;/h1-5H3;3-6H,1H3;2*4-5H,1-3H3;3H,1-2H3;1H3,(H,3,4);2*1-2H3;1H4;/q+1;-1;2*+1;;;;;;. The van der Waals surface area contributed by atoms with Gasteiger partial charge in [-0.1, -0.05) is 42.0 Å². The van der Waals surface area contributed by atoms with Crippen molar-refractivity contribution in [3.05, 3.63) is 102 Å². The first-order valence-electron chi connectivity index (χ1n) is 16.3. The maximum Gasteiger partial charge on any atom is 0.300 e. The van der Waals surface area contributed by atoms with Gasteiger partial charge in [0.05, 0.1) is 42.3 Å². The third kappa shape index (κ3) is 23.8. The van der Waals surface area contributed by atoms with E-state index in [4.69, 9.17) is 9.90 Å². The second kappa shape index (κ2) is 31.5. The fraction of sp³-hybridized carbons (Fsp3) is 0.526. The second-order valence-electron chi connectivity index (χ2n) is 10.7. The van der Waals surface area contributed by atoms with Gasteiger partial charge in [0.15, 0.2) is 0 Å². The molecule has 0 spiro atoms. The number of carboxylic acid groups (broad SMARTS) is 1. The van der Waals surface area contributed by atoms with Gasteiger partial charge in [-0.2, -0.15) is 35.9 Å². The molecule has 4 heterocycles. The number of benzene rings is 1. The van der Waals surface area contributed by atoms with Crippen molar-refractivity contribution in [2.45, 2.75) is 90.5 Å². The van der Waals surface area contributed by atoms with E-state index in [1.807, 2.05) is 122 Å². The van der Waals surface area contributed by atoms with E-state index in [0.717, 1.165) is 12.7 Å². The molecule has 5 rings (SSSR count). The molecule has 0 bridgehead atoms. The van der Waals surface area contributed by atoms with E-state index in [1.54, 1.807) is 6.33 Å². The van der Waals surface area contributed by atoms with E-state index in [-0.39, 0.29) is 40.1 Å². The van der Waals surface area contributed by atoms with Crippen LogP contribution in [0.1, 0.15) is 82.2 Å². The molecule has 4 aromatic heterocycles. The SMILES string of the molecule is C.CC.CC.CC(=O)O.Cc1c(C)[n+](C)c(C)n1C.Cc1c[n+](C)cn1C.Cc1cc[c-]cc1.Cc1n(C)cc[n+]1C.Cc1nncn1C.[Y]. The number of nitrogens with zero attached hydrogens (tertiary/aromatic N) is 9. The Bertz CT molecular complexity index is 1410. The van der Waals surface area contributed by atoms with Crippen LogP contribution in [0.4, 0.5) is 0 Å². The number of carbonyl (C=O) groups is 1. The first-order chi connectivity index (χ1) is 22.4. The summed E-state index contributed by atoms with van der Waals surface area (Å²) in [4.78, 5) is 9.00. The van der Waals surface area contributed by atoms with Crippen LogP contribution in [-0.4, -0.2) is 39.5 Å². The number of hydrogen-bond donors (Lipinski definition) is 1. The maximum atomic E-state index is 9.00. The van der Waals surface area contributed by atoms with Crippen molar-refractivity contribution >= 4 is 5.97 Å². The monoisotopic (exact) mass is 774 g/mol. The minimum Gasteiger partial charge on any atom is -0.481 e. The van der Waals surface area contributed by atoms with E-state index in [9.17, 15) is 0 Å². The van der Waals surface area contributed by atoms with E-state index in [1.165, 1.54) is 34.3 Å². The molecule has 11 nitrogen and oxygen atoms in total. The van der Waals surface area contributed by atoms with Crippen LogP contribution in [0.15, 0.2) is 55.5 Å². The van der Waals surface area contributed by atoms with Crippen molar-refractivity contribution in [1.82, 2.24) is 28.5 Å². The Kier molecular flexibility index (Phi) is 35.3. The van der Waals surface area contributed by atoms with Gasteiger partial charge in [0.25, 0.3) is 17.6 Å². The molecule has 0 atom stereocenters. The summed E-state index contributed by atoms with van der Waals surface area (Å²) in [5.41, 5.74) is 5.27. The van der Waals surface area contributed by atoms with Gasteiger partial charge in [-0.25, -0.2) is 27.4 Å². The van der Waals surface area contributed by atoms with Crippen molar-refractivity contribution in [3.8, 4) is 0 Å². The quantitative estimate of drug-likeness (QED) is 0.160. The first kappa shape index (κ1) is 56.0. The zero-order chi connectivity index (χ0) is 38.1. The molecule has 1 radical (unpaired) electrons. The van der Waals surface area contributed by atoms with Crippen LogP contribution in [0.2, 0.25) is 0 Å². The number of hydrogen-bond acceptors (Lipinski definition) is 3. The molecule has 0 aliphatic rings. The molecule has 0 fully saturated rings. The van der Waals surface area contributed by atoms with Gasteiger partial charge in [0.2, 0.25) is 6.33 Å². The number of aryl methyl sites for hydroxylation is 8. The Morgan fingerprint density at radius 1 is 0.820 bits per heavy atom. The molecule has 0 saturated heterocycles. The number of rotatable bonds is 0. The zero-order valence-corrected chi connectivity index (χ0v) is 37.0. The van der Waals surface area contributed by atoms with Crippen molar-refractivity contribution in [2.24, 2.45) is 49.3 Å². The molecule has 50 heavy (non-hydrogen) atoms. The third-order valence-electron chi connectivity index (χ3n) is 7.16. The van der Waals surface area contributed by atoms with Crippen molar-refractivity contribution in [1.29, 1.82) is 0 Å². The summed E-state index contributed by atoms with van der Waals surface area (Å²) in [6, 6.07) is 10.8. The summed E-state index contributed by atoms with van der Waals surface area (Å²) in [6.07, 6.45) is 9.87. The van der Waals surface area contributed by atoms with Crippen LogP contribution in [0.3, 0.4) is 0 Å². The van der Waals surface area contributed by atoms with Crippen molar-refractivity contribution in [2.75, 3.05) is 0 Å². The molecule has 281 valence electrons. The zero-order valence-electron chi connectivity index (χ0n) is 34.2. The van der Waals surface area contributed by atoms with Gasteiger partial charge in [-0.3, -0.25) is 4.79 Å². The van der Waals surface area contributed by atoms with Gasteiger partial charge in [-0.15, -0.1) is 10.2 Å². The molecule has 0 aliphatic heterocycles. The molecular weight excluding hydrogens is 703 g/mol. The van der Waals surface area contributed by atoms with E-state index in [2.05, 4.69) is 101 Å². The van der Waals surface area contributed by atoms with Crippen LogP contribution >= 0.6 is 0 Å². The Morgan fingerprint density at radius 3 is 1.42 bits per heavy atom. The second-order valence-corrected chi connectivity index (χ2v) is 10.7. The maximum absolute atomic E-state index is 9.00.